The monoisotopic (exact) mass is 920 g/mol. The summed E-state index contributed by atoms with van der Waals surface area (Å²) in [5.41, 5.74) is 46.8. The van der Waals surface area contributed by atoms with E-state index < -0.39 is 0 Å². The van der Waals surface area contributed by atoms with Crippen molar-refractivity contribution in [2.24, 2.45) is 0 Å². The number of hydrogen-bond acceptors (Lipinski definition) is 0. The molecule has 9 aliphatic rings. The van der Waals surface area contributed by atoms with Gasteiger partial charge in [-0.15, -0.1) is 0 Å². The van der Waals surface area contributed by atoms with Gasteiger partial charge in [-0.2, -0.15) is 0 Å². The standard InChI is InChI=1S/C72H56/c1-69(2)57-21-13-9-17-41(57)49-33-45-37(29-61(49)69)25-53-65(45)54-26-38-30-62-51(43-19-11-15-23-59(43)70(62,3)4)35-47(38)67(54)56-28-40-32-64-52(44-20-12-16-24-60(44)72(64,7)8)36-48(40)68(56)55-27-39-31-63-50(34-46(39)66(53)55)42-18-10-14-22-58(42)71(63,5)6/h9-24,29-36H,25-28H2,1-8H3. The van der Waals surface area contributed by atoms with E-state index >= 15 is 0 Å². The Hall–Kier alpha value is -7.28. The highest BCUT2D eigenvalue weighted by Gasteiger charge is 2.48. The molecule has 72 heavy (non-hydrogen) atoms. The number of fused-ring (bicyclic) bond motifs is 24. The summed E-state index contributed by atoms with van der Waals surface area (Å²) in [5, 5.41) is 0. The Balaban J connectivity index is 0.989. The predicted molar refractivity (Wildman–Crippen MR) is 299 cm³/mol. The van der Waals surface area contributed by atoms with Gasteiger partial charge in [0.1, 0.15) is 0 Å². The van der Waals surface area contributed by atoms with Gasteiger partial charge in [-0.3, -0.25) is 0 Å². The second-order valence-electron chi connectivity index (χ2n) is 25.0. The summed E-state index contributed by atoms with van der Waals surface area (Å²) < 4.78 is 0. The normalized spacial score (nSPS) is 19.7. The number of rotatable bonds is 0. The fourth-order valence-corrected chi connectivity index (χ4v) is 16.7. The molecular weight excluding hydrogens is 865 g/mol. The molecule has 17 rings (SSSR count). The topological polar surface area (TPSA) is 0 Å². The van der Waals surface area contributed by atoms with Crippen molar-refractivity contribution >= 4 is 22.3 Å². The smallest absolute Gasteiger partial charge is 0.0158 e. The third-order valence-corrected chi connectivity index (χ3v) is 20.2. The molecule has 0 heterocycles. The highest BCUT2D eigenvalue weighted by molar-refractivity contribution is 6.17. The Labute approximate surface area is 424 Å². The molecule has 9 aliphatic carbocycles. The Morgan fingerprint density at radius 3 is 0.653 bits per heavy atom. The minimum absolute atomic E-state index is 0.0689. The molecule has 0 amide bonds. The average molecular weight is 921 g/mol. The molecule has 0 saturated heterocycles. The van der Waals surface area contributed by atoms with Gasteiger partial charge in [0.05, 0.1) is 0 Å². The van der Waals surface area contributed by atoms with Crippen LogP contribution in [0.1, 0.15) is 144 Å². The lowest BCUT2D eigenvalue weighted by Crippen LogP contribution is -2.15. The van der Waals surface area contributed by atoms with Gasteiger partial charge in [-0.25, -0.2) is 0 Å². The Morgan fingerprint density at radius 2 is 0.431 bits per heavy atom. The maximum Gasteiger partial charge on any atom is 0.0158 e. The number of benzene rings is 8. The van der Waals surface area contributed by atoms with Crippen LogP contribution in [-0.2, 0) is 47.3 Å². The summed E-state index contributed by atoms with van der Waals surface area (Å²) in [6.45, 7) is 19.6. The second-order valence-corrected chi connectivity index (χ2v) is 25.0. The largest absolute Gasteiger partial charge is 0.0619 e. The van der Waals surface area contributed by atoms with Crippen LogP contribution in [0.5, 0.6) is 0 Å². The van der Waals surface area contributed by atoms with Gasteiger partial charge in [-0.1, -0.05) is 177 Å². The third kappa shape index (κ3) is 4.57. The molecule has 0 atom stereocenters. The van der Waals surface area contributed by atoms with Crippen molar-refractivity contribution in [3.63, 3.8) is 0 Å². The molecule has 0 fully saturated rings. The lowest BCUT2D eigenvalue weighted by molar-refractivity contribution is 0.659. The number of allylic oxidation sites excluding steroid dienone is 8. The van der Waals surface area contributed by atoms with Crippen molar-refractivity contribution in [3.8, 4) is 44.5 Å². The number of hydrogen-bond donors (Lipinski definition) is 0. The highest BCUT2D eigenvalue weighted by Crippen LogP contribution is 2.64. The minimum atomic E-state index is -0.0689. The summed E-state index contributed by atoms with van der Waals surface area (Å²) in [6, 6.07) is 58.2. The van der Waals surface area contributed by atoms with E-state index in [2.05, 4.69) is 201 Å². The predicted octanol–water partition coefficient (Wildman–Crippen LogP) is 17.3. The molecule has 0 heteroatoms. The van der Waals surface area contributed by atoms with Gasteiger partial charge in [0.25, 0.3) is 0 Å². The van der Waals surface area contributed by atoms with Crippen LogP contribution in [0.25, 0.3) is 66.8 Å². The SMILES string of the molecule is CC1(C)c2ccccc2-c2cc3c(cc21)CC1=C3C2=C(C3=C(C4=C1c1cc5c(cc1C4)C(C)(C)c1ccccc1-5)c1cc4c(cc1C3)C(C)(C)c1ccccc1-4)c1cc3c(cc1C2)C(C)(C)c1ccccc1-3. The first-order valence-electron chi connectivity index (χ1n) is 26.8. The van der Waals surface area contributed by atoms with Crippen LogP contribution in [-0.4, -0.2) is 0 Å². The lowest BCUT2D eigenvalue weighted by atomic mass is 9.79. The zero-order chi connectivity index (χ0) is 48.3. The van der Waals surface area contributed by atoms with Gasteiger partial charge in [0.2, 0.25) is 0 Å². The molecule has 344 valence electrons. The van der Waals surface area contributed by atoms with Crippen LogP contribution >= 0.6 is 0 Å². The first-order chi connectivity index (χ1) is 34.7. The van der Waals surface area contributed by atoms with E-state index in [4.69, 9.17) is 0 Å². The van der Waals surface area contributed by atoms with Crippen LogP contribution < -0.4 is 0 Å². The van der Waals surface area contributed by atoms with Crippen LogP contribution in [0.15, 0.2) is 168 Å². The van der Waals surface area contributed by atoms with E-state index in [0.717, 1.165) is 25.7 Å². The molecule has 0 radical (unpaired) electrons. The lowest BCUT2D eigenvalue weighted by Gasteiger charge is -2.23. The molecule has 0 nitrogen and oxygen atoms in total. The first-order valence-corrected chi connectivity index (χ1v) is 26.8. The second kappa shape index (κ2) is 12.7. The maximum absolute atomic E-state index is 2.66. The van der Waals surface area contributed by atoms with E-state index in [1.807, 2.05) is 0 Å². The van der Waals surface area contributed by atoms with Gasteiger partial charge in [-0.05, 0) is 228 Å². The van der Waals surface area contributed by atoms with Crippen molar-refractivity contribution in [1.29, 1.82) is 0 Å². The van der Waals surface area contributed by atoms with Crippen molar-refractivity contribution in [2.75, 3.05) is 0 Å². The van der Waals surface area contributed by atoms with Crippen molar-refractivity contribution in [2.45, 2.75) is 103 Å². The minimum Gasteiger partial charge on any atom is -0.0619 e. The van der Waals surface area contributed by atoms with Crippen LogP contribution in [0.2, 0.25) is 0 Å². The van der Waals surface area contributed by atoms with Gasteiger partial charge < -0.3 is 0 Å². The Kier molecular flexibility index (Phi) is 7.09. The summed E-state index contributed by atoms with van der Waals surface area (Å²) in [5.74, 6) is 0. The van der Waals surface area contributed by atoms with Crippen molar-refractivity contribution in [3.05, 3.63) is 257 Å². The van der Waals surface area contributed by atoms with Crippen molar-refractivity contribution < 1.29 is 0 Å². The van der Waals surface area contributed by atoms with E-state index in [-0.39, 0.29) is 21.7 Å². The van der Waals surface area contributed by atoms with E-state index in [9.17, 15) is 0 Å². The molecule has 0 N–H and O–H groups in total. The van der Waals surface area contributed by atoms with Gasteiger partial charge >= 0.3 is 0 Å². The van der Waals surface area contributed by atoms with Crippen LogP contribution in [0.4, 0.5) is 0 Å². The summed E-state index contributed by atoms with van der Waals surface area (Å²) in [7, 11) is 0. The fourth-order valence-electron chi connectivity index (χ4n) is 16.7. The fraction of sp³-hybridized carbons (Fsp3) is 0.222. The third-order valence-electron chi connectivity index (χ3n) is 20.2. The van der Waals surface area contributed by atoms with E-state index in [1.54, 1.807) is 22.3 Å². The average Bonchev–Trinajstić information content (AvgIpc) is 4.25. The summed E-state index contributed by atoms with van der Waals surface area (Å²) in [4.78, 5) is 0. The van der Waals surface area contributed by atoms with Gasteiger partial charge in [0, 0.05) is 21.7 Å². The van der Waals surface area contributed by atoms with Gasteiger partial charge in [0.15, 0.2) is 0 Å². The molecule has 0 unspecified atom stereocenters. The highest BCUT2D eigenvalue weighted by atomic mass is 14.5. The summed E-state index contributed by atoms with van der Waals surface area (Å²) in [6.07, 6.45) is 3.75. The Morgan fingerprint density at radius 1 is 0.222 bits per heavy atom. The first kappa shape index (κ1) is 40.3. The Bertz CT molecular complexity index is 3610. The molecule has 8 aromatic carbocycles. The molecule has 0 saturated carbocycles. The molecule has 8 aromatic rings. The molecule has 0 bridgehead atoms. The zero-order valence-electron chi connectivity index (χ0n) is 42.7. The quantitative estimate of drug-likeness (QED) is 0.142. The van der Waals surface area contributed by atoms with Crippen molar-refractivity contribution in [1.82, 2.24) is 0 Å². The molecule has 0 aliphatic heterocycles. The zero-order valence-corrected chi connectivity index (χ0v) is 42.7. The molecule has 0 spiro atoms. The van der Waals surface area contributed by atoms with E-state index in [1.165, 1.54) is 156 Å². The maximum atomic E-state index is 2.66. The molecular formula is C72H56. The van der Waals surface area contributed by atoms with Crippen LogP contribution in [0, 0.1) is 0 Å². The van der Waals surface area contributed by atoms with E-state index in [0.29, 0.717) is 0 Å². The summed E-state index contributed by atoms with van der Waals surface area (Å²) >= 11 is 0. The molecule has 0 aromatic heterocycles. The van der Waals surface area contributed by atoms with Crippen LogP contribution in [0.3, 0.4) is 0 Å².